The summed E-state index contributed by atoms with van der Waals surface area (Å²) in [5.41, 5.74) is -0.847. The molecule has 25 heavy (non-hydrogen) atoms. The van der Waals surface area contributed by atoms with Crippen molar-refractivity contribution in [3.63, 3.8) is 0 Å². The minimum atomic E-state index is -4.40. The van der Waals surface area contributed by atoms with Crippen molar-refractivity contribution in [2.24, 2.45) is 4.99 Å². The lowest BCUT2D eigenvalue weighted by molar-refractivity contribution is -0.140. The summed E-state index contributed by atoms with van der Waals surface area (Å²) in [6, 6.07) is 0.107. The molecular weight excluding hydrogens is 470 g/mol. The minimum Gasteiger partial charge on any atom is -0.356 e. The average molecular weight is 491 g/mol. The third-order valence-electron chi connectivity index (χ3n) is 3.66. The Morgan fingerprint density at radius 3 is 2.80 bits per heavy atom. The summed E-state index contributed by atoms with van der Waals surface area (Å²) >= 11 is 0.996. The van der Waals surface area contributed by atoms with Crippen LogP contribution in [0.3, 0.4) is 0 Å². The highest BCUT2D eigenvalue weighted by atomic mass is 127. The predicted octanol–water partition coefficient (Wildman–Crippen LogP) is 2.11. The van der Waals surface area contributed by atoms with Crippen LogP contribution in [0.4, 0.5) is 13.2 Å². The number of carbonyl (C=O) groups is 1. The van der Waals surface area contributed by atoms with Crippen molar-refractivity contribution in [2.45, 2.75) is 31.5 Å². The highest BCUT2D eigenvalue weighted by Gasteiger charge is 2.33. The van der Waals surface area contributed by atoms with E-state index < -0.39 is 11.9 Å². The number of amides is 1. The van der Waals surface area contributed by atoms with Crippen LogP contribution < -0.4 is 10.6 Å². The normalized spacial score (nSPS) is 18.8. The number of guanidine groups is 1. The molecule has 1 saturated heterocycles. The first-order valence-corrected chi connectivity index (χ1v) is 8.40. The molecule has 142 valence electrons. The van der Waals surface area contributed by atoms with Gasteiger partial charge in [0, 0.05) is 51.4 Å². The number of piperidine rings is 1. The molecule has 0 radical (unpaired) electrons. The minimum absolute atomic E-state index is 0. The quantitative estimate of drug-likeness (QED) is 0.385. The fourth-order valence-corrected chi connectivity index (χ4v) is 3.17. The summed E-state index contributed by atoms with van der Waals surface area (Å²) in [5, 5.41) is 7.73. The molecule has 0 aliphatic carbocycles. The Kier molecular flexibility index (Phi) is 8.38. The molecule has 2 rings (SSSR count). The Balaban J connectivity index is 0.00000312. The summed E-state index contributed by atoms with van der Waals surface area (Å²) in [6.07, 6.45) is -2.80. The van der Waals surface area contributed by atoms with E-state index in [2.05, 4.69) is 20.6 Å². The van der Waals surface area contributed by atoms with Crippen molar-refractivity contribution in [2.75, 3.05) is 27.2 Å². The lowest BCUT2D eigenvalue weighted by Gasteiger charge is -2.31. The lowest BCUT2D eigenvalue weighted by Crippen LogP contribution is -2.51. The Bertz CT molecular complexity index is 608. The van der Waals surface area contributed by atoms with E-state index in [0.717, 1.165) is 23.1 Å². The highest BCUT2D eigenvalue weighted by Crippen LogP contribution is 2.29. The fraction of sp³-hybridized carbons (Fsp3) is 0.643. The number of likely N-dealkylation sites (tertiary alicyclic amines) is 1. The zero-order chi connectivity index (χ0) is 17.7. The number of hydrogen-bond acceptors (Lipinski definition) is 4. The number of hydrogen-bond donors (Lipinski definition) is 2. The number of nitrogens with one attached hydrogen (secondary N) is 2. The molecule has 1 aliphatic heterocycles. The van der Waals surface area contributed by atoms with Gasteiger partial charge in [-0.15, -0.1) is 35.3 Å². The van der Waals surface area contributed by atoms with Crippen molar-refractivity contribution in [3.8, 4) is 0 Å². The van der Waals surface area contributed by atoms with E-state index in [1.54, 1.807) is 19.0 Å². The van der Waals surface area contributed by atoms with Crippen LogP contribution in [0, 0.1) is 0 Å². The van der Waals surface area contributed by atoms with Gasteiger partial charge in [0.2, 0.25) is 5.91 Å². The van der Waals surface area contributed by atoms with Crippen LogP contribution in [0.1, 0.15) is 23.5 Å². The van der Waals surface area contributed by atoms with Crippen LogP contribution in [0.5, 0.6) is 0 Å². The number of halogens is 4. The molecule has 11 heteroatoms. The first kappa shape index (κ1) is 21.9. The van der Waals surface area contributed by atoms with Gasteiger partial charge in [-0.05, 0) is 6.42 Å². The molecule has 6 nitrogen and oxygen atoms in total. The van der Waals surface area contributed by atoms with Crippen LogP contribution >= 0.6 is 35.3 Å². The zero-order valence-electron chi connectivity index (χ0n) is 13.9. The van der Waals surface area contributed by atoms with Crippen LogP contribution in [0.2, 0.25) is 0 Å². The van der Waals surface area contributed by atoms with Crippen molar-refractivity contribution in [1.29, 1.82) is 0 Å². The second-order valence-corrected chi connectivity index (χ2v) is 6.47. The van der Waals surface area contributed by atoms with Crippen molar-refractivity contribution < 1.29 is 18.0 Å². The van der Waals surface area contributed by atoms with E-state index >= 15 is 0 Å². The Morgan fingerprint density at radius 2 is 2.24 bits per heavy atom. The van der Waals surface area contributed by atoms with E-state index in [9.17, 15) is 18.0 Å². The monoisotopic (exact) mass is 491 g/mol. The highest BCUT2D eigenvalue weighted by molar-refractivity contribution is 14.0. The summed E-state index contributed by atoms with van der Waals surface area (Å²) in [6.45, 7) is 1.02. The van der Waals surface area contributed by atoms with Gasteiger partial charge in [0.05, 0.1) is 5.01 Å². The molecule has 1 fully saturated rings. The second kappa shape index (κ2) is 9.55. The third-order valence-corrected chi connectivity index (χ3v) is 4.57. The number of alkyl halides is 3. The van der Waals surface area contributed by atoms with Gasteiger partial charge >= 0.3 is 6.18 Å². The van der Waals surface area contributed by atoms with E-state index in [4.69, 9.17) is 0 Å². The second-order valence-electron chi connectivity index (χ2n) is 5.53. The van der Waals surface area contributed by atoms with Crippen molar-refractivity contribution in [3.05, 3.63) is 16.1 Å². The molecule has 0 spiro atoms. The Labute approximate surface area is 165 Å². The summed E-state index contributed by atoms with van der Waals surface area (Å²) in [7, 11) is 3.38. The molecule has 1 unspecified atom stereocenters. The van der Waals surface area contributed by atoms with Gasteiger partial charge in [-0.1, -0.05) is 0 Å². The van der Waals surface area contributed by atoms with Gasteiger partial charge < -0.3 is 15.5 Å². The van der Waals surface area contributed by atoms with Gasteiger partial charge in [-0.2, -0.15) is 13.2 Å². The van der Waals surface area contributed by atoms with Crippen LogP contribution in [-0.4, -0.2) is 55.0 Å². The van der Waals surface area contributed by atoms with E-state index in [1.165, 1.54) is 0 Å². The molecule has 2 heterocycles. The fourth-order valence-electron chi connectivity index (χ4n) is 2.36. The lowest BCUT2D eigenvalue weighted by atomic mass is 10.1. The van der Waals surface area contributed by atoms with Gasteiger partial charge in [-0.3, -0.25) is 9.79 Å². The summed E-state index contributed by atoms with van der Waals surface area (Å²) in [4.78, 5) is 20.8. The van der Waals surface area contributed by atoms with Gasteiger partial charge in [0.25, 0.3) is 0 Å². The maximum atomic E-state index is 12.5. The standard InChI is InChI=1S/C14H20F3N5OS.HI/c1-18-13(20-9-3-4-12(23)22(2)7-9)19-6-5-11-21-10(8-24-11)14(15,16)17;/h8-9H,3-7H2,1-2H3,(H2,18,19,20);1H. The van der Waals surface area contributed by atoms with Gasteiger partial charge in [-0.25, -0.2) is 4.98 Å². The number of thiazole rings is 1. The molecule has 0 bridgehead atoms. The summed E-state index contributed by atoms with van der Waals surface area (Å²) < 4.78 is 37.5. The number of likely N-dealkylation sites (N-methyl/N-ethyl adjacent to an activating group) is 1. The Hall–Kier alpha value is -1.11. The number of nitrogens with zero attached hydrogens (tertiary/aromatic N) is 3. The van der Waals surface area contributed by atoms with Crippen LogP contribution in [-0.2, 0) is 17.4 Å². The number of rotatable bonds is 4. The molecule has 2 N–H and O–H groups in total. The van der Waals surface area contributed by atoms with Gasteiger partial charge in [0.15, 0.2) is 11.7 Å². The van der Waals surface area contributed by atoms with E-state index in [-0.39, 0.29) is 35.9 Å². The topological polar surface area (TPSA) is 69.6 Å². The molecule has 1 aliphatic rings. The number of aliphatic imine (C=N–C) groups is 1. The number of carbonyl (C=O) groups excluding carboxylic acids is 1. The molecule has 1 aromatic heterocycles. The number of aromatic nitrogens is 1. The maximum Gasteiger partial charge on any atom is 0.434 e. The van der Waals surface area contributed by atoms with Crippen molar-refractivity contribution >= 4 is 47.2 Å². The largest absolute Gasteiger partial charge is 0.434 e. The molecule has 1 aromatic rings. The smallest absolute Gasteiger partial charge is 0.356 e. The predicted molar refractivity (Wildman–Crippen MR) is 101 cm³/mol. The first-order valence-electron chi connectivity index (χ1n) is 7.52. The maximum absolute atomic E-state index is 12.5. The molecule has 0 saturated carbocycles. The molecular formula is C14H21F3IN5OS. The zero-order valence-corrected chi connectivity index (χ0v) is 17.0. The first-order chi connectivity index (χ1) is 11.3. The van der Waals surface area contributed by atoms with Crippen molar-refractivity contribution in [1.82, 2.24) is 20.5 Å². The van der Waals surface area contributed by atoms with Crippen LogP contribution in [0.25, 0.3) is 0 Å². The molecule has 0 aromatic carbocycles. The SMILES string of the molecule is CN=C(NCCc1nc(C(F)(F)F)cs1)NC1CCC(=O)N(C)C1.I. The molecule has 1 atom stereocenters. The molecule has 1 amide bonds. The van der Waals surface area contributed by atoms with E-state index in [0.29, 0.717) is 36.9 Å². The van der Waals surface area contributed by atoms with Crippen LogP contribution in [0.15, 0.2) is 10.4 Å². The summed E-state index contributed by atoms with van der Waals surface area (Å²) in [5.74, 6) is 0.690. The van der Waals surface area contributed by atoms with Gasteiger partial charge in [0.1, 0.15) is 0 Å². The average Bonchev–Trinajstić information content (AvgIpc) is 2.99. The van der Waals surface area contributed by atoms with E-state index in [1.807, 2.05) is 0 Å². The Morgan fingerprint density at radius 1 is 1.52 bits per heavy atom. The third kappa shape index (κ3) is 6.60.